The second-order valence-electron chi connectivity index (χ2n) is 5.83. The maximum absolute atomic E-state index is 11.2. The summed E-state index contributed by atoms with van der Waals surface area (Å²) in [7, 11) is -7.49. The SMILES string of the molecule is NS(=O)(=O)c1ccc(N=Cc2ccc(C=Nc3ccc(S(N)(=O)=O)cc3)o2)cc1. The zero-order valence-electron chi connectivity index (χ0n) is 14.8. The molecule has 3 rings (SSSR count). The Balaban J connectivity index is 1.67. The van der Waals surface area contributed by atoms with E-state index in [1.165, 1.54) is 61.0 Å². The standard InChI is InChI=1S/C18H16N4O5S2/c19-28(23,24)17-7-1-13(2-8-17)21-11-15-5-6-16(27-15)12-22-14-3-9-18(10-4-14)29(20,25)26/h1-12H,(H2,19,23,24)(H2,20,25,26). The molecule has 0 spiro atoms. The van der Waals surface area contributed by atoms with Crippen LogP contribution in [0.4, 0.5) is 11.4 Å². The van der Waals surface area contributed by atoms with Crippen molar-refractivity contribution in [3.05, 3.63) is 72.2 Å². The van der Waals surface area contributed by atoms with E-state index < -0.39 is 20.0 Å². The predicted octanol–water partition coefficient (Wildman–Crippen LogP) is 2.08. The van der Waals surface area contributed by atoms with E-state index in [-0.39, 0.29) is 9.79 Å². The van der Waals surface area contributed by atoms with Gasteiger partial charge in [0.2, 0.25) is 20.0 Å². The van der Waals surface area contributed by atoms with Crippen LogP contribution >= 0.6 is 0 Å². The third-order valence-corrected chi connectivity index (χ3v) is 5.52. The minimum Gasteiger partial charge on any atom is -0.454 e. The molecule has 2 aromatic carbocycles. The van der Waals surface area contributed by atoms with Crippen LogP contribution in [0.25, 0.3) is 0 Å². The molecule has 0 fully saturated rings. The smallest absolute Gasteiger partial charge is 0.238 e. The highest BCUT2D eigenvalue weighted by atomic mass is 32.2. The Morgan fingerprint density at radius 2 is 0.966 bits per heavy atom. The molecular formula is C18H16N4O5S2. The van der Waals surface area contributed by atoms with Gasteiger partial charge in [0.1, 0.15) is 11.5 Å². The summed E-state index contributed by atoms with van der Waals surface area (Å²) in [6.07, 6.45) is 2.95. The minimum absolute atomic E-state index is 0.00467. The molecule has 0 saturated carbocycles. The first-order chi connectivity index (χ1) is 13.6. The Bertz CT molecular complexity index is 1170. The highest BCUT2D eigenvalue weighted by molar-refractivity contribution is 7.89. The number of sulfonamides is 2. The van der Waals surface area contributed by atoms with Crippen LogP contribution in [0.15, 0.2) is 84.9 Å². The Kier molecular flexibility index (Phi) is 5.75. The van der Waals surface area contributed by atoms with Crippen LogP contribution in [0.5, 0.6) is 0 Å². The lowest BCUT2D eigenvalue weighted by atomic mass is 10.3. The number of rotatable bonds is 6. The van der Waals surface area contributed by atoms with Gasteiger partial charge in [-0.05, 0) is 60.7 Å². The van der Waals surface area contributed by atoms with Crippen LogP contribution in [0, 0.1) is 0 Å². The van der Waals surface area contributed by atoms with Gasteiger partial charge in [-0.2, -0.15) is 0 Å². The van der Waals surface area contributed by atoms with E-state index >= 15 is 0 Å². The van der Waals surface area contributed by atoms with Crippen molar-refractivity contribution in [1.82, 2.24) is 0 Å². The largest absolute Gasteiger partial charge is 0.454 e. The van der Waals surface area contributed by atoms with Gasteiger partial charge in [0.15, 0.2) is 0 Å². The lowest BCUT2D eigenvalue weighted by Gasteiger charge is -1.98. The second-order valence-corrected chi connectivity index (χ2v) is 8.96. The van der Waals surface area contributed by atoms with Gasteiger partial charge in [0.05, 0.1) is 33.6 Å². The van der Waals surface area contributed by atoms with E-state index in [1.807, 2.05) is 0 Å². The molecule has 0 saturated heterocycles. The van der Waals surface area contributed by atoms with Crippen LogP contribution in [0.2, 0.25) is 0 Å². The molecule has 1 heterocycles. The summed E-state index contributed by atoms with van der Waals surface area (Å²) < 4.78 is 50.5. The topological polar surface area (TPSA) is 158 Å². The quantitative estimate of drug-likeness (QED) is 0.570. The van der Waals surface area contributed by atoms with E-state index in [2.05, 4.69) is 9.98 Å². The Hall–Kier alpha value is -3.12. The molecule has 0 bridgehead atoms. The molecular weight excluding hydrogens is 416 g/mol. The number of benzene rings is 2. The maximum Gasteiger partial charge on any atom is 0.238 e. The van der Waals surface area contributed by atoms with Gasteiger partial charge in [0.25, 0.3) is 0 Å². The zero-order chi connectivity index (χ0) is 21.1. The number of furan rings is 1. The fourth-order valence-electron chi connectivity index (χ4n) is 2.23. The van der Waals surface area contributed by atoms with Crippen molar-refractivity contribution < 1.29 is 21.3 Å². The Morgan fingerprint density at radius 3 is 1.28 bits per heavy atom. The number of hydrogen-bond donors (Lipinski definition) is 2. The summed E-state index contributed by atoms with van der Waals surface area (Å²) in [6.45, 7) is 0. The highest BCUT2D eigenvalue weighted by Gasteiger charge is 2.07. The van der Waals surface area contributed by atoms with Gasteiger partial charge in [-0.25, -0.2) is 27.1 Å². The van der Waals surface area contributed by atoms with Crippen LogP contribution in [0.1, 0.15) is 11.5 Å². The summed E-state index contributed by atoms with van der Waals surface area (Å²) in [6, 6.07) is 14.9. The molecule has 0 radical (unpaired) electrons. The third-order valence-electron chi connectivity index (χ3n) is 3.66. The molecule has 29 heavy (non-hydrogen) atoms. The first kappa shape index (κ1) is 20.6. The molecule has 3 aromatic rings. The van der Waals surface area contributed by atoms with E-state index in [9.17, 15) is 16.8 Å². The van der Waals surface area contributed by atoms with Crippen molar-refractivity contribution in [1.29, 1.82) is 0 Å². The lowest BCUT2D eigenvalue weighted by molar-refractivity contribution is 0.553. The van der Waals surface area contributed by atoms with Crippen LogP contribution < -0.4 is 10.3 Å². The van der Waals surface area contributed by atoms with Crippen molar-refractivity contribution in [2.75, 3.05) is 0 Å². The molecule has 150 valence electrons. The summed E-state index contributed by atoms with van der Waals surface area (Å²) >= 11 is 0. The molecule has 1 aromatic heterocycles. The average molecular weight is 432 g/mol. The summed E-state index contributed by atoms with van der Waals surface area (Å²) in [5.41, 5.74) is 1.05. The van der Waals surface area contributed by atoms with Crippen LogP contribution in [0.3, 0.4) is 0 Å². The first-order valence-corrected chi connectivity index (χ1v) is 11.1. The summed E-state index contributed by atoms with van der Waals surface area (Å²) in [5, 5.41) is 10.1. The number of hydrogen-bond acceptors (Lipinski definition) is 7. The van der Waals surface area contributed by atoms with Crippen molar-refractivity contribution in [3.63, 3.8) is 0 Å². The van der Waals surface area contributed by atoms with Crippen LogP contribution in [-0.4, -0.2) is 29.3 Å². The maximum atomic E-state index is 11.2. The van der Waals surface area contributed by atoms with Gasteiger partial charge in [-0.3, -0.25) is 9.98 Å². The van der Waals surface area contributed by atoms with Gasteiger partial charge in [-0.15, -0.1) is 0 Å². The molecule has 0 aliphatic heterocycles. The first-order valence-electron chi connectivity index (χ1n) is 8.05. The zero-order valence-corrected chi connectivity index (χ0v) is 16.5. The van der Waals surface area contributed by atoms with E-state index in [0.29, 0.717) is 22.9 Å². The highest BCUT2D eigenvalue weighted by Crippen LogP contribution is 2.17. The molecule has 9 nitrogen and oxygen atoms in total. The number of aliphatic imine (C=N–C) groups is 2. The van der Waals surface area contributed by atoms with Gasteiger partial charge < -0.3 is 4.42 Å². The van der Waals surface area contributed by atoms with Crippen molar-refractivity contribution >= 4 is 43.9 Å². The minimum atomic E-state index is -3.74. The monoisotopic (exact) mass is 432 g/mol. The fraction of sp³-hybridized carbons (Fsp3) is 0. The average Bonchev–Trinajstić information content (AvgIpc) is 3.12. The van der Waals surface area contributed by atoms with Gasteiger partial charge >= 0.3 is 0 Å². The number of nitrogens with zero attached hydrogens (tertiary/aromatic N) is 2. The molecule has 0 aliphatic carbocycles. The number of nitrogens with two attached hydrogens (primary N) is 2. The predicted molar refractivity (Wildman–Crippen MR) is 109 cm³/mol. The molecule has 4 N–H and O–H groups in total. The molecule has 0 amide bonds. The van der Waals surface area contributed by atoms with Crippen molar-refractivity contribution in [3.8, 4) is 0 Å². The summed E-state index contributed by atoms with van der Waals surface area (Å²) in [4.78, 5) is 8.40. The Morgan fingerprint density at radius 1 is 0.621 bits per heavy atom. The molecule has 11 heteroatoms. The summed E-state index contributed by atoms with van der Waals surface area (Å²) in [5.74, 6) is 0.929. The lowest BCUT2D eigenvalue weighted by Crippen LogP contribution is -2.11. The molecule has 0 unspecified atom stereocenters. The van der Waals surface area contributed by atoms with Crippen molar-refractivity contribution in [2.24, 2.45) is 20.3 Å². The second kappa shape index (κ2) is 8.09. The fourth-order valence-corrected chi connectivity index (χ4v) is 3.26. The van der Waals surface area contributed by atoms with E-state index in [4.69, 9.17) is 14.7 Å². The van der Waals surface area contributed by atoms with Gasteiger partial charge in [-0.1, -0.05) is 0 Å². The third kappa shape index (κ3) is 5.68. The van der Waals surface area contributed by atoms with Gasteiger partial charge in [0, 0.05) is 0 Å². The van der Waals surface area contributed by atoms with E-state index in [1.54, 1.807) is 12.1 Å². The van der Waals surface area contributed by atoms with E-state index in [0.717, 1.165) is 0 Å². The number of primary sulfonamides is 2. The normalized spacial score (nSPS) is 12.8. The molecule has 0 aliphatic rings. The Labute approximate surface area is 167 Å². The molecule has 0 atom stereocenters. The van der Waals surface area contributed by atoms with Crippen molar-refractivity contribution in [2.45, 2.75) is 9.79 Å². The van der Waals surface area contributed by atoms with Crippen LogP contribution in [-0.2, 0) is 20.0 Å².